The molecule has 2 aromatic rings. The third kappa shape index (κ3) is 3.60. The van der Waals surface area contributed by atoms with Crippen LogP contribution in [0.4, 0.5) is 13.2 Å². The number of aryl methyl sites for hydroxylation is 1. The van der Waals surface area contributed by atoms with Crippen LogP contribution >= 0.6 is 0 Å². The van der Waals surface area contributed by atoms with E-state index in [1.807, 2.05) is 13.8 Å². The van der Waals surface area contributed by atoms with Gasteiger partial charge in [0.1, 0.15) is 5.82 Å². The van der Waals surface area contributed by atoms with Crippen LogP contribution < -0.4 is 11.3 Å². The van der Waals surface area contributed by atoms with E-state index in [0.717, 1.165) is 12.1 Å². The quantitative estimate of drug-likeness (QED) is 0.849. The van der Waals surface area contributed by atoms with Crippen molar-refractivity contribution < 1.29 is 13.2 Å². The number of rotatable bonds is 1. The van der Waals surface area contributed by atoms with Gasteiger partial charge in [0.05, 0.1) is 16.5 Å². The Hall–Kier alpha value is -1.89. The van der Waals surface area contributed by atoms with Crippen molar-refractivity contribution in [1.82, 2.24) is 9.97 Å². The molecule has 0 aliphatic heterocycles. The highest BCUT2D eigenvalue weighted by Gasteiger charge is 2.34. The van der Waals surface area contributed by atoms with Gasteiger partial charge in [-0.05, 0) is 31.5 Å². The molecule has 0 aliphatic carbocycles. The lowest BCUT2D eigenvalue weighted by atomic mass is 9.99. The summed E-state index contributed by atoms with van der Waals surface area (Å²) in [6, 6.07) is 1.20. The molecule has 0 saturated heterocycles. The predicted octanol–water partition coefficient (Wildman–Crippen LogP) is 3.30. The number of aromatic amines is 1. The molecule has 0 spiro atoms. The Balaban J connectivity index is 0.00000106. The van der Waals surface area contributed by atoms with Gasteiger partial charge in [0.25, 0.3) is 5.56 Å². The SMILES string of the molecule is CC.Cc1nc2cc(C(F)(F)F)c(C(C)N)cc2c(=O)[nH]1. The van der Waals surface area contributed by atoms with Gasteiger partial charge in [-0.3, -0.25) is 4.79 Å². The van der Waals surface area contributed by atoms with Crippen molar-refractivity contribution in [3.8, 4) is 0 Å². The summed E-state index contributed by atoms with van der Waals surface area (Å²) in [4.78, 5) is 18.1. The van der Waals surface area contributed by atoms with Gasteiger partial charge in [-0.2, -0.15) is 13.2 Å². The average Bonchev–Trinajstić information content (AvgIpc) is 2.38. The fourth-order valence-corrected chi connectivity index (χ4v) is 1.94. The van der Waals surface area contributed by atoms with Crippen molar-refractivity contribution in [2.75, 3.05) is 0 Å². The van der Waals surface area contributed by atoms with Crippen molar-refractivity contribution in [2.45, 2.75) is 39.9 Å². The van der Waals surface area contributed by atoms with Crippen LogP contribution in [0, 0.1) is 6.92 Å². The first-order chi connectivity index (χ1) is 9.70. The molecule has 0 bridgehead atoms. The Bertz CT molecular complexity index is 690. The zero-order chi connectivity index (χ0) is 16.4. The smallest absolute Gasteiger partial charge is 0.324 e. The Labute approximate surface area is 120 Å². The van der Waals surface area contributed by atoms with Crippen molar-refractivity contribution in [1.29, 1.82) is 0 Å². The van der Waals surface area contributed by atoms with Crippen LogP contribution in [-0.4, -0.2) is 9.97 Å². The van der Waals surface area contributed by atoms with Crippen LogP contribution in [0.3, 0.4) is 0 Å². The van der Waals surface area contributed by atoms with Gasteiger partial charge in [-0.15, -0.1) is 0 Å². The third-order valence-electron chi connectivity index (χ3n) is 2.79. The summed E-state index contributed by atoms with van der Waals surface area (Å²) in [5, 5.41) is 0.103. The minimum absolute atomic E-state index is 0.0120. The molecule has 0 radical (unpaired) electrons. The first-order valence-electron chi connectivity index (χ1n) is 6.57. The molecule has 1 heterocycles. The van der Waals surface area contributed by atoms with Crippen LogP contribution in [0.15, 0.2) is 16.9 Å². The fourth-order valence-electron chi connectivity index (χ4n) is 1.94. The lowest BCUT2D eigenvalue weighted by Crippen LogP contribution is -2.18. The second-order valence-electron chi connectivity index (χ2n) is 4.39. The van der Waals surface area contributed by atoms with E-state index in [1.165, 1.54) is 13.8 Å². The van der Waals surface area contributed by atoms with Crippen LogP contribution in [0.1, 0.15) is 43.8 Å². The van der Waals surface area contributed by atoms with E-state index in [9.17, 15) is 18.0 Å². The number of aromatic nitrogens is 2. The number of halogens is 3. The van der Waals surface area contributed by atoms with Crippen molar-refractivity contribution in [2.24, 2.45) is 5.73 Å². The monoisotopic (exact) mass is 301 g/mol. The van der Waals surface area contributed by atoms with Crippen LogP contribution in [0.5, 0.6) is 0 Å². The number of H-pyrrole nitrogens is 1. The zero-order valence-electron chi connectivity index (χ0n) is 12.3. The summed E-state index contributed by atoms with van der Waals surface area (Å²) in [6.07, 6.45) is -4.53. The fraction of sp³-hybridized carbons (Fsp3) is 0.429. The van der Waals surface area contributed by atoms with E-state index in [1.54, 1.807) is 0 Å². The number of nitrogens with one attached hydrogen (secondary N) is 1. The minimum Gasteiger partial charge on any atom is -0.324 e. The Kier molecular flexibility index (Phi) is 5.11. The molecule has 116 valence electrons. The summed E-state index contributed by atoms with van der Waals surface area (Å²) >= 11 is 0. The van der Waals surface area contributed by atoms with Crippen LogP contribution in [0.25, 0.3) is 10.9 Å². The lowest BCUT2D eigenvalue weighted by molar-refractivity contribution is -0.138. The molecule has 0 amide bonds. The molecule has 0 fully saturated rings. The maximum Gasteiger partial charge on any atom is 0.416 e. The Morgan fingerprint density at radius 1 is 1.29 bits per heavy atom. The molecule has 1 aromatic heterocycles. The molecule has 0 saturated carbocycles. The highest BCUT2D eigenvalue weighted by atomic mass is 19.4. The largest absolute Gasteiger partial charge is 0.416 e. The number of hydrogen-bond donors (Lipinski definition) is 2. The topological polar surface area (TPSA) is 71.8 Å². The Morgan fingerprint density at radius 2 is 1.86 bits per heavy atom. The normalized spacial score (nSPS) is 12.8. The van der Waals surface area contributed by atoms with Gasteiger partial charge in [0, 0.05) is 6.04 Å². The molecule has 2 rings (SSSR count). The molecule has 7 heteroatoms. The molecule has 3 N–H and O–H groups in total. The summed E-state index contributed by atoms with van der Waals surface area (Å²) in [7, 11) is 0. The number of alkyl halides is 3. The maximum absolute atomic E-state index is 13.0. The molecular weight excluding hydrogens is 283 g/mol. The first kappa shape index (κ1) is 17.2. The molecule has 21 heavy (non-hydrogen) atoms. The van der Waals surface area contributed by atoms with Crippen molar-refractivity contribution in [3.05, 3.63) is 39.4 Å². The third-order valence-corrected chi connectivity index (χ3v) is 2.79. The number of nitrogens with zero attached hydrogens (tertiary/aromatic N) is 1. The van der Waals surface area contributed by atoms with E-state index in [0.29, 0.717) is 0 Å². The second-order valence-corrected chi connectivity index (χ2v) is 4.39. The molecule has 1 atom stereocenters. The summed E-state index contributed by atoms with van der Waals surface area (Å²) < 4.78 is 38.9. The van der Waals surface area contributed by atoms with Gasteiger partial charge in [0.2, 0.25) is 0 Å². The zero-order valence-corrected chi connectivity index (χ0v) is 12.3. The number of benzene rings is 1. The van der Waals surface area contributed by atoms with Crippen LogP contribution in [0.2, 0.25) is 0 Å². The van der Waals surface area contributed by atoms with E-state index in [-0.39, 0.29) is 22.3 Å². The average molecular weight is 301 g/mol. The van der Waals surface area contributed by atoms with Gasteiger partial charge in [-0.25, -0.2) is 4.98 Å². The molecule has 0 aliphatic rings. The Morgan fingerprint density at radius 3 is 2.33 bits per heavy atom. The van der Waals surface area contributed by atoms with E-state index >= 15 is 0 Å². The summed E-state index contributed by atoms with van der Waals surface area (Å²) in [5.74, 6) is 0.263. The number of nitrogens with two attached hydrogens (primary N) is 1. The van der Waals surface area contributed by atoms with Crippen molar-refractivity contribution in [3.63, 3.8) is 0 Å². The minimum atomic E-state index is -4.53. The number of hydrogen-bond acceptors (Lipinski definition) is 3. The van der Waals surface area contributed by atoms with E-state index in [2.05, 4.69) is 9.97 Å². The molecular formula is C14H18F3N3O. The van der Waals surface area contributed by atoms with Gasteiger partial charge < -0.3 is 10.7 Å². The highest BCUT2D eigenvalue weighted by Crippen LogP contribution is 2.35. The van der Waals surface area contributed by atoms with E-state index in [4.69, 9.17) is 5.73 Å². The molecule has 4 nitrogen and oxygen atoms in total. The van der Waals surface area contributed by atoms with E-state index < -0.39 is 23.3 Å². The van der Waals surface area contributed by atoms with Crippen molar-refractivity contribution >= 4 is 10.9 Å². The molecule has 1 unspecified atom stereocenters. The molecule has 1 aromatic carbocycles. The van der Waals surface area contributed by atoms with Gasteiger partial charge in [-0.1, -0.05) is 13.8 Å². The lowest BCUT2D eigenvalue weighted by Gasteiger charge is -2.16. The van der Waals surface area contributed by atoms with Crippen LogP contribution in [-0.2, 0) is 6.18 Å². The predicted molar refractivity (Wildman–Crippen MR) is 76.1 cm³/mol. The summed E-state index contributed by atoms with van der Waals surface area (Å²) in [5.41, 5.74) is 4.12. The summed E-state index contributed by atoms with van der Waals surface area (Å²) in [6.45, 7) is 6.94. The first-order valence-corrected chi connectivity index (χ1v) is 6.57. The second kappa shape index (κ2) is 6.26. The highest BCUT2D eigenvalue weighted by molar-refractivity contribution is 5.79. The van der Waals surface area contributed by atoms with Gasteiger partial charge >= 0.3 is 6.18 Å². The standard InChI is InChI=1S/C12H12F3N3O.C2H6/c1-5(16)7-3-8-10(4-9(7)12(13,14)15)17-6(2)18-11(8)19;1-2/h3-5H,16H2,1-2H3,(H,17,18,19);1-2H3. The van der Waals surface area contributed by atoms with Gasteiger partial charge in [0.15, 0.2) is 0 Å². The maximum atomic E-state index is 13.0. The number of fused-ring (bicyclic) bond motifs is 1.